The van der Waals surface area contributed by atoms with Crippen molar-refractivity contribution in [2.75, 3.05) is 18.9 Å². The van der Waals surface area contributed by atoms with Crippen LogP contribution in [0.2, 0.25) is 0 Å². The first-order valence-corrected chi connectivity index (χ1v) is 5.57. The Labute approximate surface area is 94.0 Å². The molecular weight excluding hydrogens is 202 g/mol. The van der Waals surface area contributed by atoms with E-state index in [0.29, 0.717) is 12.0 Å². The van der Waals surface area contributed by atoms with Crippen molar-refractivity contribution in [2.24, 2.45) is 0 Å². The van der Waals surface area contributed by atoms with Crippen molar-refractivity contribution in [1.82, 2.24) is 9.55 Å². The molecule has 1 aromatic heterocycles. The highest BCUT2D eigenvalue weighted by Crippen LogP contribution is 2.28. The van der Waals surface area contributed by atoms with Crippen molar-refractivity contribution in [3.63, 3.8) is 0 Å². The van der Waals surface area contributed by atoms with Crippen molar-refractivity contribution in [3.8, 4) is 0 Å². The van der Waals surface area contributed by atoms with Gasteiger partial charge in [0.15, 0.2) is 0 Å². The molecular formula is C12H15N3O. The Morgan fingerprint density at radius 1 is 1.50 bits per heavy atom. The fraction of sp³-hybridized carbons (Fsp3) is 0.417. The van der Waals surface area contributed by atoms with Crippen molar-refractivity contribution >= 4 is 17.0 Å². The number of ether oxygens (including phenoxy) is 1. The zero-order valence-electron chi connectivity index (χ0n) is 9.31. The van der Waals surface area contributed by atoms with Crippen molar-refractivity contribution in [2.45, 2.75) is 19.4 Å². The van der Waals surface area contributed by atoms with Crippen LogP contribution in [0.4, 0.5) is 5.95 Å². The molecule has 1 aliphatic rings. The molecule has 0 aliphatic carbocycles. The van der Waals surface area contributed by atoms with Crippen LogP contribution in [0.25, 0.3) is 11.0 Å². The quantitative estimate of drug-likeness (QED) is 0.793. The Bertz CT molecular complexity index is 526. The Hall–Kier alpha value is -1.55. The molecule has 84 valence electrons. The number of rotatable bonds is 1. The summed E-state index contributed by atoms with van der Waals surface area (Å²) in [7, 11) is 0. The number of imidazole rings is 1. The second-order valence-electron chi connectivity index (χ2n) is 4.35. The number of hydrogen-bond acceptors (Lipinski definition) is 3. The van der Waals surface area contributed by atoms with E-state index < -0.39 is 0 Å². The topological polar surface area (TPSA) is 53.1 Å². The van der Waals surface area contributed by atoms with Gasteiger partial charge in [-0.25, -0.2) is 4.98 Å². The molecule has 1 aliphatic heterocycles. The van der Waals surface area contributed by atoms with Crippen LogP contribution in [0.3, 0.4) is 0 Å². The molecule has 1 unspecified atom stereocenters. The third-order valence-corrected chi connectivity index (χ3v) is 3.14. The van der Waals surface area contributed by atoms with Gasteiger partial charge in [0.2, 0.25) is 5.95 Å². The summed E-state index contributed by atoms with van der Waals surface area (Å²) in [6.45, 7) is 3.62. The average Bonchev–Trinajstić information content (AvgIpc) is 2.83. The van der Waals surface area contributed by atoms with Crippen LogP contribution in [0.1, 0.15) is 18.0 Å². The van der Waals surface area contributed by atoms with Crippen LogP contribution in [-0.2, 0) is 4.74 Å². The van der Waals surface area contributed by atoms with Crippen LogP contribution in [0.15, 0.2) is 18.2 Å². The Kier molecular flexibility index (Phi) is 2.11. The van der Waals surface area contributed by atoms with Gasteiger partial charge in [-0.3, -0.25) is 0 Å². The van der Waals surface area contributed by atoms with E-state index in [9.17, 15) is 0 Å². The summed E-state index contributed by atoms with van der Waals surface area (Å²) in [6, 6.07) is 6.59. The minimum Gasteiger partial charge on any atom is -0.379 e. The molecule has 0 spiro atoms. The lowest BCUT2D eigenvalue weighted by molar-refractivity contribution is 0.187. The monoisotopic (exact) mass is 217 g/mol. The number of fused-ring (bicyclic) bond motifs is 1. The van der Waals surface area contributed by atoms with E-state index in [1.807, 2.05) is 0 Å². The molecule has 4 nitrogen and oxygen atoms in total. The third-order valence-electron chi connectivity index (χ3n) is 3.14. The summed E-state index contributed by atoms with van der Waals surface area (Å²) in [6.07, 6.45) is 1.02. The van der Waals surface area contributed by atoms with E-state index >= 15 is 0 Å². The minimum absolute atomic E-state index is 0.340. The molecule has 0 saturated carbocycles. The van der Waals surface area contributed by atoms with Gasteiger partial charge in [0, 0.05) is 6.61 Å². The highest BCUT2D eigenvalue weighted by Gasteiger charge is 2.21. The highest BCUT2D eigenvalue weighted by molar-refractivity contribution is 5.79. The standard InChI is InChI=1S/C12H15N3O/c1-8-2-3-11-10(6-8)14-12(13)15(11)9-4-5-16-7-9/h2-3,6,9H,4-5,7H2,1H3,(H2,13,14). The zero-order chi connectivity index (χ0) is 11.1. The summed E-state index contributed by atoms with van der Waals surface area (Å²) in [5.41, 5.74) is 9.27. The predicted molar refractivity (Wildman–Crippen MR) is 63.4 cm³/mol. The Balaban J connectivity index is 2.18. The van der Waals surface area contributed by atoms with E-state index in [-0.39, 0.29) is 0 Å². The number of nitrogens with two attached hydrogens (primary N) is 1. The highest BCUT2D eigenvalue weighted by atomic mass is 16.5. The lowest BCUT2D eigenvalue weighted by atomic mass is 10.2. The zero-order valence-corrected chi connectivity index (χ0v) is 9.31. The van der Waals surface area contributed by atoms with Gasteiger partial charge in [-0.2, -0.15) is 0 Å². The summed E-state index contributed by atoms with van der Waals surface area (Å²) in [4.78, 5) is 4.40. The maximum atomic E-state index is 5.98. The van der Waals surface area contributed by atoms with Gasteiger partial charge in [0.1, 0.15) is 0 Å². The normalized spacial score (nSPS) is 20.7. The number of benzene rings is 1. The van der Waals surface area contributed by atoms with Gasteiger partial charge < -0.3 is 15.0 Å². The molecule has 0 radical (unpaired) electrons. The molecule has 0 bridgehead atoms. The van der Waals surface area contributed by atoms with Gasteiger partial charge >= 0.3 is 0 Å². The number of hydrogen-bond donors (Lipinski definition) is 1. The van der Waals surface area contributed by atoms with Gasteiger partial charge in [0.25, 0.3) is 0 Å². The summed E-state index contributed by atoms with van der Waals surface area (Å²) in [5.74, 6) is 0.594. The Morgan fingerprint density at radius 2 is 2.38 bits per heavy atom. The smallest absolute Gasteiger partial charge is 0.201 e. The molecule has 1 aromatic carbocycles. The van der Waals surface area contributed by atoms with E-state index in [1.165, 1.54) is 5.56 Å². The van der Waals surface area contributed by atoms with E-state index in [2.05, 4.69) is 34.7 Å². The third kappa shape index (κ3) is 1.38. The first-order valence-electron chi connectivity index (χ1n) is 5.57. The van der Waals surface area contributed by atoms with Gasteiger partial charge in [-0.15, -0.1) is 0 Å². The average molecular weight is 217 g/mol. The number of nitrogen functional groups attached to an aromatic ring is 1. The van der Waals surface area contributed by atoms with Crippen LogP contribution in [0, 0.1) is 6.92 Å². The molecule has 1 fully saturated rings. The first kappa shape index (κ1) is 9.66. The molecule has 2 aromatic rings. The number of anilines is 1. The van der Waals surface area contributed by atoms with Crippen LogP contribution >= 0.6 is 0 Å². The molecule has 4 heteroatoms. The molecule has 1 atom stereocenters. The Morgan fingerprint density at radius 3 is 3.12 bits per heavy atom. The molecule has 16 heavy (non-hydrogen) atoms. The van der Waals surface area contributed by atoms with Gasteiger partial charge in [-0.05, 0) is 31.0 Å². The molecule has 2 heterocycles. The summed E-state index contributed by atoms with van der Waals surface area (Å²) < 4.78 is 7.50. The number of aromatic nitrogens is 2. The number of nitrogens with zero attached hydrogens (tertiary/aromatic N) is 2. The van der Waals surface area contributed by atoms with Crippen molar-refractivity contribution in [1.29, 1.82) is 0 Å². The summed E-state index contributed by atoms with van der Waals surface area (Å²) >= 11 is 0. The van der Waals surface area contributed by atoms with E-state index in [1.54, 1.807) is 0 Å². The SMILES string of the molecule is Cc1ccc2c(c1)nc(N)n2C1CCOC1. The second kappa shape index (κ2) is 3.49. The molecule has 1 saturated heterocycles. The molecule has 2 N–H and O–H groups in total. The van der Waals surface area contributed by atoms with Gasteiger partial charge in [-0.1, -0.05) is 6.07 Å². The lowest BCUT2D eigenvalue weighted by Gasteiger charge is -2.12. The fourth-order valence-electron chi connectivity index (χ4n) is 2.34. The second-order valence-corrected chi connectivity index (χ2v) is 4.35. The lowest BCUT2D eigenvalue weighted by Crippen LogP contribution is -2.11. The van der Waals surface area contributed by atoms with Crippen molar-refractivity contribution < 1.29 is 4.74 Å². The van der Waals surface area contributed by atoms with E-state index in [0.717, 1.165) is 30.7 Å². The number of aryl methyl sites for hydroxylation is 1. The van der Waals surface area contributed by atoms with Gasteiger partial charge in [0.05, 0.1) is 23.7 Å². The fourth-order valence-corrected chi connectivity index (χ4v) is 2.34. The largest absolute Gasteiger partial charge is 0.379 e. The van der Waals surface area contributed by atoms with Crippen molar-refractivity contribution in [3.05, 3.63) is 23.8 Å². The maximum Gasteiger partial charge on any atom is 0.201 e. The maximum absolute atomic E-state index is 5.98. The summed E-state index contributed by atoms with van der Waals surface area (Å²) in [5, 5.41) is 0. The first-order chi connectivity index (χ1) is 7.75. The molecule has 3 rings (SSSR count). The predicted octanol–water partition coefficient (Wildman–Crippen LogP) is 1.89. The van der Waals surface area contributed by atoms with E-state index in [4.69, 9.17) is 10.5 Å². The minimum atomic E-state index is 0.340. The molecule has 0 amide bonds. The van der Waals surface area contributed by atoms with Crippen LogP contribution < -0.4 is 5.73 Å². The van der Waals surface area contributed by atoms with Crippen LogP contribution in [0.5, 0.6) is 0 Å². The van der Waals surface area contributed by atoms with Crippen LogP contribution in [-0.4, -0.2) is 22.8 Å².